The number of piperazine rings is 1. The van der Waals surface area contributed by atoms with Crippen LogP contribution in [0, 0.1) is 0 Å². The Morgan fingerprint density at radius 2 is 2.00 bits per heavy atom. The van der Waals surface area contributed by atoms with E-state index in [0.29, 0.717) is 24.6 Å². The van der Waals surface area contributed by atoms with Crippen molar-refractivity contribution in [1.82, 2.24) is 5.32 Å². The quantitative estimate of drug-likeness (QED) is 0.897. The van der Waals surface area contributed by atoms with Crippen LogP contribution in [-0.4, -0.2) is 38.8 Å². The maximum Gasteiger partial charge on any atom is 0.241 e. The Labute approximate surface area is 113 Å². The minimum Gasteiger partial charge on any atom is -0.497 e. The van der Waals surface area contributed by atoms with Gasteiger partial charge in [0.15, 0.2) is 0 Å². The zero-order valence-corrected chi connectivity index (χ0v) is 11.8. The van der Waals surface area contributed by atoms with Gasteiger partial charge in [0.1, 0.15) is 11.5 Å². The third-order valence-electron chi connectivity index (χ3n) is 3.25. The minimum atomic E-state index is -0.112. The van der Waals surface area contributed by atoms with Crippen molar-refractivity contribution >= 4 is 11.6 Å². The van der Waals surface area contributed by atoms with Crippen molar-refractivity contribution in [2.75, 3.05) is 32.2 Å². The van der Waals surface area contributed by atoms with E-state index in [1.54, 1.807) is 25.2 Å². The fourth-order valence-corrected chi connectivity index (χ4v) is 2.18. The van der Waals surface area contributed by atoms with Crippen molar-refractivity contribution in [3.8, 4) is 11.5 Å². The van der Waals surface area contributed by atoms with Crippen LogP contribution in [0.5, 0.6) is 11.5 Å². The average molecular weight is 264 g/mol. The number of benzene rings is 1. The molecule has 1 N–H and O–H groups in total. The first kappa shape index (κ1) is 13.7. The molecule has 5 nitrogen and oxygen atoms in total. The highest BCUT2D eigenvalue weighted by molar-refractivity contribution is 5.97. The molecule has 0 bridgehead atoms. The molecule has 0 unspecified atom stereocenters. The smallest absolute Gasteiger partial charge is 0.241 e. The van der Waals surface area contributed by atoms with Gasteiger partial charge < -0.3 is 19.7 Å². The SMILES string of the molecule is COc1ccc(N2CC(C)(C)NCC2=O)c(OC)c1. The summed E-state index contributed by atoms with van der Waals surface area (Å²) >= 11 is 0. The van der Waals surface area contributed by atoms with Gasteiger partial charge in [-0.15, -0.1) is 0 Å². The van der Waals surface area contributed by atoms with Gasteiger partial charge in [-0.05, 0) is 26.0 Å². The van der Waals surface area contributed by atoms with Crippen molar-refractivity contribution in [1.29, 1.82) is 0 Å². The van der Waals surface area contributed by atoms with Crippen LogP contribution in [-0.2, 0) is 4.79 Å². The molecule has 0 aromatic heterocycles. The number of amides is 1. The summed E-state index contributed by atoms with van der Waals surface area (Å²) in [4.78, 5) is 13.8. The van der Waals surface area contributed by atoms with Crippen molar-refractivity contribution in [2.45, 2.75) is 19.4 Å². The van der Waals surface area contributed by atoms with E-state index in [-0.39, 0.29) is 11.4 Å². The second-order valence-corrected chi connectivity index (χ2v) is 5.26. The monoisotopic (exact) mass is 264 g/mol. The summed E-state index contributed by atoms with van der Waals surface area (Å²) in [5, 5.41) is 3.21. The zero-order valence-electron chi connectivity index (χ0n) is 11.8. The molecule has 1 heterocycles. The van der Waals surface area contributed by atoms with Crippen LogP contribution in [0.25, 0.3) is 0 Å². The van der Waals surface area contributed by atoms with E-state index in [2.05, 4.69) is 19.2 Å². The average Bonchev–Trinajstić information content (AvgIpc) is 2.41. The number of nitrogens with zero attached hydrogens (tertiary/aromatic N) is 1. The lowest BCUT2D eigenvalue weighted by molar-refractivity contribution is -0.119. The van der Waals surface area contributed by atoms with Gasteiger partial charge >= 0.3 is 0 Å². The number of hydrogen-bond acceptors (Lipinski definition) is 4. The Balaban J connectivity index is 2.36. The fourth-order valence-electron chi connectivity index (χ4n) is 2.18. The Morgan fingerprint density at radius 1 is 1.26 bits per heavy atom. The summed E-state index contributed by atoms with van der Waals surface area (Å²) in [7, 11) is 3.20. The summed E-state index contributed by atoms with van der Waals surface area (Å²) in [5.41, 5.74) is 0.668. The summed E-state index contributed by atoms with van der Waals surface area (Å²) in [6.45, 7) is 5.08. The normalized spacial score (nSPS) is 18.3. The molecule has 0 atom stereocenters. The first-order valence-electron chi connectivity index (χ1n) is 6.24. The van der Waals surface area contributed by atoms with Gasteiger partial charge in [0.25, 0.3) is 0 Å². The predicted molar refractivity (Wildman–Crippen MR) is 74.0 cm³/mol. The fraction of sp³-hybridized carbons (Fsp3) is 0.500. The van der Waals surface area contributed by atoms with E-state index in [9.17, 15) is 4.79 Å². The number of nitrogens with one attached hydrogen (secondary N) is 1. The number of ether oxygens (including phenoxy) is 2. The van der Waals surface area contributed by atoms with Gasteiger partial charge in [-0.25, -0.2) is 0 Å². The molecule has 5 heteroatoms. The first-order chi connectivity index (χ1) is 8.96. The minimum absolute atomic E-state index is 0.0443. The van der Waals surface area contributed by atoms with E-state index >= 15 is 0 Å². The molecule has 0 radical (unpaired) electrons. The third kappa shape index (κ3) is 2.81. The molecule has 104 valence electrons. The molecule has 0 spiro atoms. The largest absolute Gasteiger partial charge is 0.497 e. The standard InChI is InChI=1S/C14H20N2O3/c1-14(2)9-16(13(17)8-15-14)11-6-5-10(18-3)7-12(11)19-4/h5-7,15H,8-9H2,1-4H3. The zero-order chi connectivity index (χ0) is 14.0. The number of hydrogen-bond donors (Lipinski definition) is 1. The molecule has 1 amide bonds. The van der Waals surface area contributed by atoms with Crippen molar-refractivity contribution < 1.29 is 14.3 Å². The Hall–Kier alpha value is -1.75. The molecular weight excluding hydrogens is 244 g/mol. The summed E-state index contributed by atoms with van der Waals surface area (Å²) in [6, 6.07) is 5.48. The first-order valence-corrected chi connectivity index (χ1v) is 6.24. The molecule has 1 aromatic carbocycles. The van der Waals surface area contributed by atoms with Gasteiger partial charge in [-0.3, -0.25) is 4.79 Å². The second-order valence-electron chi connectivity index (χ2n) is 5.26. The molecule has 2 rings (SSSR count). The lowest BCUT2D eigenvalue weighted by Gasteiger charge is -2.39. The van der Waals surface area contributed by atoms with Crippen LogP contribution >= 0.6 is 0 Å². The maximum absolute atomic E-state index is 12.1. The number of carbonyl (C=O) groups is 1. The van der Waals surface area contributed by atoms with Crippen LogP contribution < -0.4 is 19.7 Å². The van der Waals surface area contributed by atoms with Gasteiger partial charge in [0, 0.05) is 18.2 Å². The van der Waals surface area contributed by atoms with Crippen molar-refractivity contribution in [2.24, 2.45) is 0 Å². The van der Waals surface area contributed by atoms with Crippen LogP contribution in [0.15, 0.2) is 18.2 Å². The predicted octanol–water partition coefficient (Wildman–Crippen LogP) is 1.42. The highest BCUT2D eigenvalue weighted by Gasteiger charge is 2.32. The second kappa shape index (κ2) is 5.09. The number of rotatable bonds is 3. The molecular formula is C14H20N2O3. The van der Waals surface area contributed by atoms with Gasteiger partial charge in [-0.2, -0.15) is 0 Å². The van der Waals surface area contributed by atoms with E-state index < -0.39 is 0 Å². The molecule has 0 aliphatic carbocycles. The van der Waals surface area contributed by atoms with Gasteiger partial charge in [0.05, 0.1) is 26.5 Å². The van der Waals surface area contributed by atoms with Crippen molar-refractivity contribution in [3.05, 3.63) is 18.2 Å². The van der Waals surface area contributed by atoms with Gasteiger partial charge in [0.2, 0.25) is 5.91 Å². The van der Waals surface area contributed by atoms with Crippen LogP contribution in [0.1, 0.15) is 13.8 Å². The molecule has 1 aromatic rings. The number of carbonyl (C=O) groups excluding carboxylic acids is 1. The molecule has 1 aliphatic rings. The van der Waals surface area contributed by atoms with E-state index in [1.165, 1.54) is 0 Å². The lowest BCUT2D eigenvalue weighted by Crippen LogP contribution is -2.60. The van der Waals surface area contributed by atoms with Gasteiger partial charge in [-0.1, -0.05) is 0 Å². The van der Waals surface area contributed by atoms with Crippen LogP contribution in [0.2, 0.25) is 0 Å². The van der Waals surface area contributed by atoms with E-state index in [1.807, 2.05) is 12.1 Å². The van der Waals surface area contributed by atoms with E-state index in [0.717, 1.165) is 5.69 Å². The van der Waals surface area contributed by atoms with Crippen molar-refractivity contribution in [3.63, 3.8) is 0 Å². The Morgan fingerprint density at radius 3 is 2.63 bits per heavy atom. The third-order valence-corrected chi connectivity index (χ3v) is 3.25. The summed E-state index contributed by atoms with van der Waals surface area (Å²) in [5.74, 6) is 1.40. The van der Waals surface area contributed by atoms with Crippen LogP contribution in [0.4, 0.5) is 5.69 Å². The Bertz CT molecular complexity index is 486. The molecule has 0 saturated carbocycles. The number of methoxy groups -OCH3 is 2. The molecule has 1 aliphatic heterocycles. The molecule has 1 saturated heterocycles. The Kier molecular flexibility index (Phi) is 3.66. The molecule has 1 fully saturated rings. The lowest BCUT2D eigenvalue weighted by atomic mass is 10.0. The van der Waals surface area contributed by atoms with Crippen LogP contribution in [0.3, 0.4) is 0 Å². The summed E-state index contributed by atoms with van der Waals surface area (Å²) < 4.78 is 10.5. The molecule has 19 heavy (non-hydrogen) atoms. The summed E-state index contributed by atoms with van der Waals surface area (Å²) in [6.07, 6.45) is 0. The highest BCUT2D eigenvalue weighted by Crippen LogP contribution is 2.33. The maximum atomic E-state index is 12.1. The highest BCUT2D eigenvalue weighted by atomic mass is 16.5. The topological polar surface area (TPSA) is 50.8 Å². The van der Waals surface area contributed by atoms with E-state index in [4.69, 9.17) is 9.47 Å². The number of anilines is 1.